The zero-order valence-electron chi connectivity index (χ0n) is 7.22. The van der Waals surface area contributed by atoms with Crippen LogP contribution in [0.2, 0.25) is 0 Å². The van der Waals surface area contributed by atoms with Crippen LogP contribution in [0.15, 0.2) is 29.2 Å². The molecule has 0 aromatic heterocycles. The highest BCUT2D eigenvalue weighted by molar-refractivity contribution is 7.89. The minimum atomic E-state index is -3.92. The molecule has 6 heteroatoms. The molecule has 0 radical (unpaired) electrons. The summed E-state index contributed by atoms with van der Waals surface area (Å²) in [6.45, 7) is -1.05. The molecule has 0 bridgehead atoms. The topological polar surface area (TPSA) is 80.4 Å². The van der Waals surface area contributed by atoms with Crippen molar-refractivity contribution in [2.75, 3.05) is 6.67 Å². The van der Waals surface area contributed by atoms with Gasteiger partial charge in [0.1, 0.15) is 12.8 Å². The molecular weight excluding hydrogens is 209 g/mol. The fraction of sp³-hybridized carbons (Fsp3) is 0.250. The van der Waals surface area contributed by atoms with Gasteiger partial charge in [-0.1, -0.05) is 18.2 Å². The number of alkyl halides is 1. The van der Waals surface area contributed by atoms with Crippen molar-refractivity contribution in [2.24, 2.45) is 5.14 Å². The Labute approximate surface area is 81.2 Å². The summed E-state index contributed by atoms with van der Waals surface area (Å²) in [4.78, 5) is -0.245. The van der Waals surface area contributed by atoms with Crippen molar-refractivity contribution in [1.29, 1.82) is 0 Å². The third kappa shape index (κ3) is 2.28. The number of halogens is 1. The van der Waals surface area contributed by atoms with Gasteiger partial charge in [0.15, 0.2) is 0 Å². The Morgan fingerprint density at radius 2 is 2.00 bits per heavy atom. The van der Waals surface area contributed by atoms with Crippen molar-refractivity contribution in [3.05, 3.63) is 29.8 Å². The number of benzene rings is 1. The molecule has 3 N–H and O–H groups in total. The van der Waals surface area contributed by atoms with E-state index in [9.17, 15) is 17.9 Å². The summed E-state index contributed by atoms with van der Waals surface area (Å²) >= 11 is 0. The van der Waals surface area contributed by atoms with E-state index in [0.717, 1.165) is 0 Å². The average molecular weight is 219 g/mol. The molecule has 0 saturated carbocycles. The number of rotatable bonds is 3. The van der Waals surface area contributed by atoms with E-state index in [0.29, 0.717) is 0 Å². The van der Waals surface area contributed by atoms with Crippen LogP contribution in [0.3, 0.4) is 0 Å². The van der Waals surface area contributed by atoms with Crippen LogP contribution in [0.5, 0.6) is 0 Å². The van der Waals surface area contributed by atoms with Gasteiger partial charge in [0.05, 0.1) is 4.90 Å². The molecule has 0 aliphatic carbocycles. The highest BCUT2D eigenvalue weighted by Crippen LogP contribution is 2.21. The van der Waals surface area contributed by atoms with Gasteiger partial charge in [0.2, 0.25) is 10.0 Å². The summed E-state index contributed by atoms with van der Waals surface area (Å²) in [5, 5.41) is 14.1. The van der Waals surface area contributed by atoms with Crippen LogP contribution in [-0.2, 0) is 10.0 Å². The summed E-state index contributed by atoms with van der Waals surface area (Å²) in [6.07, 6.45) is -1.45. The number of hydrogen-bond acceptors (Lipinski definition) is 3. The third-order valence-electron chi connectivity index (χ3n) is 1.73. The normalized spacial score (nSPS) is 13.9. The molecule has 0 spiro atoms. The highest BCUT2D eigenvalue weighted by atomic mass is 32.2. The maximum atomic E-state index is 12.2. The van der Waals surface area contributed by atoms with E-state index in [1.54, 1.807) is 0 Å². The summed E-state index contributed by atoms with van der Waals surface area (Å²) in [5.41, 5.74) is -0.0162. The van der Waals surface area contributed by atoms with Crippen molar-refractivity contribution < 1.29 is 17.9 Å². The van der Waals surface area contributed by atoms with E-state index in [1.807, 2.05) is 0 Å². The number of hydrogen-bond donors (Lipinski definition) is 2. The number of primary sulfonamides is 1. The number of aliphatic hydroxyl groups excluding tert-OH is 1. The van der Waals surface area contributed by atoms with Crippen molar-refractivity contribution in [3.8, 4) is 0 Å². The van der Waals surface area contributed by atoms with Gasteiger partial charge in [0.25, 0.3) is 0 Å². The molecule has 0 aliphatic rings. The van der Waals surface area contributed by atoms with Crippen LogP contribution >= 0.6 is 0 Å². The van der Waals surface area contributed by atoms with Crippen molar-refractivity contribution in [2.45, 2.75) is 11.0 Å². The molecule has 78 valence electrons. The molecule has 14 heavy (non-hydrogen) atoms. The van der Waals surface area contributed by atoms with Gasteiger partial charge < -0.3 is 5.11 Å². The van der Waals surface area contributed by atoms with Crippen LogP contribution in [0.1, 0.15) is 11.7 Å². The molecule has 0 fully saturated rings. The van der Waals surface area contributed by atoms with E-state index in [4.69, 9.17) is 5.14 Å². The van der Waals surface area contributed by atoms with Crippen molar-refractivity contribution in [1.82, 2.24) is 0 Å². The largest absolute Gasteiger partial charge is 0.386 e. The first kappa shape index (κ1) is 11.1. The zero-order chi connectivity index (χ0) is 10.8. The lowest BCUT2D eigenvalue weighted by Crippen LogP contribution is -2.16. The first-order chi connectivity index (χ1) is 6.46. The van der Waals surface area contributed by atoms with Gasteiger partial charge in [-0.2, -0.15) is 0 Å². The van der Waals surface area contributed by atoms with Crippen LogP contribution in [0.4, 0.5) is 4.39 Å². The fourth-order valence-electron chi connectivity index (χ4n) is 1.10. The average Bonchev–Trinajstić information content (AvgIpc) is 2.15. The molecule has 0 aliphatic heterocycles. The molecule has 0 unspecified atom stereocenters. The predicted molar refractivity (Wildman–Crippen MR) is 48.8 cm³/mol. The quantitative estimate of drug-likeness (QED) is 0.769. The molecule has 4 nitrogen and oxygen atoms in total. The Balaban J connectivity index is 3.30. The van der Waals surface area contributed by atoms with E-state index in [-0.39, 0.29) is 10.5 Å². The Bertz CT molecular complexity index is 418. The summed E-state index contributed by atoms with van der Waals surface area (Å²) < 4.78 is 34.2. The lowest BCUT2D eigenvalue weighted by molar-refractivity contribution is 0.139. The standard InChI is InChI=1S/C8H10FNO3S/c9-5-7(11)6-3-1-2-4-8(6)14(10,12)13/h1-4,7,11H,5H2,(H2,10,12,13)/t7-/m1/s1. The maximum Gasteiger partial charge on any atom is 0.238 e. The van der Waals surface area contributed by atoms with Crippen LogP contribution in [0, 0.1) is 0 Å². The summed E-state index contributed by atoms with van der Waals surface area (Å²) in [6, 6.07) is 5.50. The summed E-state index contributed by atoms with van der Waals surface area (Å²) in [7, 11) is -3.92. The Kier molecular flexibility index (Phi) is 3.20. The van der Waals surface area contributed by atoms with Gasteiger partial charge in [-0.3, -0.25) is 0 Å². The second-order valence-corrected chi connectivity index (χ2v) is 4.28. The summed E-state index contributed by atoms with van der Waals surface area (Å²) in [5.74, 6) is 0. The number of aliphatic hydroxyl groups is 1. The zero-order valence-corrected chi connectivity index (χ0v) is 8.04. The van der Waals surface area contributed by atoms with Crippen molar-refractivity contribution >= 4 is 10.0 Å². The fourth-order valence-corrected chi connectivity index (χ4v) is 1.90. The Morgan fingerprint density at radius 1 is 1.43 bits per heavy atom. The van der Waals surface area contributed by atoms with Gasteiger partial charge in [-0.05, 0) is 6.07 Å². The van der Waals surface area contributed by atoms with Crippen LogP contribution in [-0.4, -0.2) is 20.2 Å². The highest BCUT2D eigenvalue weighted by Gasteiger charge is 2.18. The van der Waals surface area contributed by atoms with Crippen molar-refractivity contribution in [3.63, 3.8) is 0 Å². The predicted octanol–water partition coefficient (Wildman–Crippen LogP) is 0.337. The van der Waals surface area contributed by atoms with Crippen LogP contribution < -0.4 is 5.14 Å². The van der Waals surface area contributed by atoms with Gasteiger partial charge >= 0.3 is 0 Å². The second kappa shape index (κ2) is 4.04. The smallest absolute Gasteiger partial charge is 0.238 e. The first-order valence-corrected chi connectivity index (χ1v) is 5.37. The second-order valence-electron chi connectivity index (χ2n) is 2.75. The lowest BCUT2D eigenvalue weighted by atomic mass is 10.1. The SMILES string of the molecule is NS(=O)(=O)c1ccccc1[C@H](O)CF. The Hall–Kier alpha value is -0.980. The molecule has 1 atom stereocenters. The molecule has 0 saturated heterocycles. The van der Waals surface area contributed by atoms with Crippen LogP contribution in [0.25, 0.3) is 0 Å². The molecule has 1 rings (SSSR count). The molecule has 1 aromatic rings. The van der Waals surface area contributed by atoms with Gasteiger partial charge in [-0.15, -0.1) is 0 Å². The maximum absolute atomic E-state index is 12.2. The molecule has 0 amide bonds. The van der Waals surface area contributed by atoms with Gasteiger partial charge in [0, 0.05) is 5.56 Å². The lowest BCUT2D eigenvalue weighted by Gasteiger charge is -2.10. The van der Waals surface area contributed by atoms with E-state index in [1.165, 1.54) is 24.3 Å². The Morgan fingerprint density at radius 3 is 2.50 bits per heavy atom. The minimum absolute atomic E-state index is 0.0162. The first-order valence-electron chi connectivity index (χ1n) is 3.82. The molecular formula is C8H10FNO3S. The number of nitrogens with two attached hydrogens (primary N) is 1. The third-order valence-corrected chi connectivity index (χ3v) is 2.72. The minimum Gasteiger partial charge on any atom is -0.386 e. The van der Waals surface area contributed by atoms with E-state index >= 15 is 0 Å². The number of sulfonamides is 1. The molecule has 1 aromatic carbocycles. The van der Waals surface area contributed by atoms with Gasteiger partial charge in [-0.25, -0.2) is 17.9 Å². The van der Waals surface area contributed by atoms with E-state index in [2.05, 4.69) is 0 Å². The monoisotopic (exact) mass is 219 g/mol. The molecule has 0 heterocycles. The van der Waals surface area contributed by atoms with E-state index < -0.39 is 22.8 Å².